The van der Waals surface area contributed by atoms with Crippen molar-refractivity contribution in [2.75, 3.05) is 13.2 Å². The summed E-state index contributed by atoms with van der Waals surface area (Å²) in [7, 11) is 0. The minimum Gasteiger partial charge on any atom is -0.492 e. The lowest BCUT2D eigenvalue weighted by molar-refractivity contribution is 0.320. The van der Waals surface area contributed by atoms with Crippen LogP contribution in [0.15, 0.2) is 42.9 Å². The number of pyridine rings is 2. The van der Waals surface area contributed by atoms with Gasteiger partial charge in [0, 0.05) is 25.4 Å². The fraction of sp³-hybridized carbons (Fsp3) is 0.412. The molecule has 0 spiro atoms. The molecule has 0 amide bonds. The van der Waals surface area contributed by atoms with E-state index in [1.807, 2.05) is 24.3 Å². The Morgan fingerprint density at radius 3 is 2.62 bits per heavy atom. The molecule has 2 aromatic heterocycles. The summed E-state index contributed by atoms with van der Waals surface area (Å²) < 4.78 is 5.70. The molecule has 2 rings (SSSR count). The van der Waals surface area contributed by atoms with Gasteiger partial charge in [0.2, 0.25) is 0 Å². The predicted molar refractivity (Wildman–Crippen MR) is 84.2 cm³/mol. The first-order valence-electron chi connectivity index (χ1n) is 7.41. The highest BCUT2D eigenvalue weighted by atomic mass is 16.5. The highest BCUT2D eigenvalue weighted by molar-refractivity contribution is 5.20. The fourth-order valence-electron chi connectivity index (χ4n) is 1.93. The molecular weight excluding hydrogens is 262 g/mol. The van der Waals surface area contributed by atoms with Gasteiger partial charge in [0.25, 0.3) is 0 Å². The molecule has 0 aliphatic heterocycles. The van der Waals surface area contributed by atoms with Crippen molar-refractivity contribution in [3.05, 3.63) is 54.1 Å². The maximum absolute atomic E-state index is 5.70. The summed E-state index contributed by atoms with van der Waals surface area (Å²) in [6.45, 7) is 6.85. The molecule has 2 heterocycles. The minimum absolute atomic E-state index is 0.649. The summed E-state index contributed by atoms with van der Waals surface area (Å²) in [5.74, 6) is 1.47. The number of hydrogen-bond donors (Lipinski definition) is 1. The molecule has 4 heteroatoms. The molecule has 0 saturated carbocycles. The molecule has 0 aromatic carbocycles. The summed E-state index contributed by atoms with van der Waals surface area (Å²) in [6, 6.07) is 8.00. The van der Waals surface area contributed by atoms with Crippen molar-refractivity contribution in [1.29, 1.82) is 0 Å². The third-order valence-electron chi connectivity index (χ3n) is 3.07. The third kappa shape index (κ3) is 5.92. The highest BCUT2D eigenvalue weighted by Gasteiger charge is 1.99. The van der Waals surface area contributed by atoms with E-state index >= 15 is 0 Å². The van der Waals surface area contributed by atoms with E-state index in [1.165, 1.54) is 5.56 Å². The lowest BCUT2D eigenvalue weighted by Gasteiger charge is -2.08. The lowest BCUT2D eigenvalue weighted by Crippen LogP contribution is -2.19. The van der Waals surface area contributed by atoms with Crippen LogP contribution in [0.1, 0.15) is 25.1 Å². The van der Waals surface area contributed by atoms with Crippen molar-refractivity contribution >= 4 is 0 Å². The first kappa shape index (κ1) is 15.4. The number of nitrogens with one attached hydrogen (secondary N) is 1. The average Bonchev–Trinajstić information content (AvgIpc) is 2.50. The summed E-state index contributed by atoms with van der Waals surface area (Å²) in [4.78, 5) is 8.40. The van der Waals surface area contributed by atoms with Crippen molar-refractivity contribution < 1.29 is 4.74 Å². The first-order valence-corrected chi connectivity index (χ1v) is 7.41. The van der Waals surface area contributed by atoms with Crippen molar-refractivity contribution in [3.63, 3.8) is 0 Å². The van der Waals surface area contributed by atoms with Crippen LogP contribution in [0, 0.1) is 5.92 Å². The molecule has 0 unspecified atom stereocenters. The largest absolute Gasteiger partial charge is 0.492 e. The fourth-order valence-corrected chi connectivity index (χ4v) is 1.93. The van der Waals surface area contributed by atoms with Crippen molar-refractivity contribution in [1.82, 2.24) is 15.3 Å². The molecule has 112 valence electrons. The van der Waals surface area contributed by atoms with Gasteiger partial charge in [-0.15, -0.1) is 0 Å². The quantitative estimate of drug-likeness (QED) is 0.810. The summed E-state index contributed by atoms with van der Waals surface area (Å²) in [5.41, 5.74) is 2.27. The van der Waals surface area contributed by atoms with Gasteiger partial charge >= 0.3 is 0 Å². The highest BCUT2D eigenvalue weighted by Crippen LogP contribution is 2.10. The summed E-state index contributed by atoms with van der Waals surface area (Å²) in [5, 5.41) is 3.38. The van der Waals surface area contributed by atoms with Crippen LogP contribution in [0.2, 0.25) is 0 Å². The molecule has 0 fully saturated rings. The Labute approximate surface area is 126 Å². The zero-order valence-corrected chi connectivity index (χ0v) is 12.7. The number of hydrogen-bond acceptors (Lipinski definition) is 4. The third-order valence-corrected chi connectivity index (χ3v) is 3.07. The molecular formula is C17H23N3O. The molecule has 0 aliphatic carbocycles. The van der Waals surface area contributed by atoms with Gasteiger partial charge in [-0.05, 0) is 42.3 Å². The van der Waals surface area contributed by atoms with Crippen LogP contribution in [-0.2, 0) is 13.0 Å². The number of ether oxygens (including phenoxy) is 1. The molecule has 0 bridgehead atoms. The van der Waals surface area contributed by atoms with E-state index in [-0.39, 0.29) is 0 Å². The molecule has 1 N–H and O–H groups in total. The maximum atomic E-state index is 5.70. The van der Waals surface area contributed by atoms with E-state index in [1.54, 1.807) is 18.6 Å². The van der Waals surface area contributed by atoms with Crippen LogP contribution in [0.25, 0.3) is 0 Å². The number of aromatic nitrogens is 2. The van der Waals surface area contributed by atoms with E-state index < -0.39 is 0 Å². The van der Waals surface area contributed by atoms with Gasteiger partial charge in [0.15, 0.2) is 0 Å². The van der Waals surface area contributed by atoms with Crippen molar-refractivity contribution in [2.45, 2.75) is 26.8 Å². The van der Waals surface area contributed by atoms with Gasteiger partial charge in [-0.3, -0.25) is 9.97 Å². The molecule has 21 heavy (non-hydrogen) atoms. The van der Waals surface area contributed by atoms with Gasteiger partial charge in [-0.2, -0.15) is 0 Å². The lowest BCUT2D eigenvalue weighted by atomic mass is 10.2. The van der Waals surface area contributed by atoms with E-state index in [4.69, 9.17) is 4.74 Å². The topological polar surface area (TPSA) is 47.0 Å². The Morgan fingerprint density at radius 2 is 1.95 bits per heavy atom. The molecule has 0 radical (unpaired) electrons. The molecule has 0 atom stereocenters. The van der Waals surface area contributed by atoms with E-state index in [2.05, 4.69) is 29.1 Å². The zero-order valence-electron chi connectivity index (χ0n) is 12.7. The van der Waals surface area contributed by atoms with E-state index in [0.717, 1.165) is 31.0 Å². The Bertz CT molecular complexity index is 511. The van der Waals surface area contributed by atoms with E-state index in [0.29, 0.717) is 12.5 Å². The Balaban J connectivity index is 1.72. The van der Waals surface area contributed by atoms with Crippen LogP contribution in [0.4, 0.5) is 0 Å². The van der Waals surface area contributed by atoms with Crippen molar-refractivity contribution in [3.8, 4) is 5.75 Å². The predicted octanol–water partition coefficient (Wildman–Crippen LogP) is 2.84. The molecule has 2 aromatic rings. The molecule has 4 nitrogen and oxygen atoms in total. The van der Waals surface area contributed by atoms with Crippen LogP contribution in [-0.4, -0.2) is 23.1 Å². The van der Waals surface area contributed by atoms with Gasteiger partial charge in [-0.1, -0.05) is 13.8 Å². The Morgan fingerprint density at radius 1 is 1.14 bits per heavy atom. The Hall–Kier alpha value is -1.94. The average molecular weight is 285 g/mol. The maximum Gasteiger partial charge on any atom is 0.137 e. The standard InChI is InChI=1S/C17H23N3O/c1-14(2)11-19-12-16-3-4-17(13-20-16)21-10-7-15-5-8-18-9-6-15/h3-6,8-9,13-14,19H,7,10-12H2,1-2H3. The van der Waals surface area contributed by atoms with Gasteiger partial charge < -0.3 is 10.1 Å². The molecule has 0 aliphatic rings. The Kier molecular flexibility index (Phi) is 6.16. The molecule has 0 saturated heterocycles. The minimum atomic E-state index is 0.649. The smallest absolute Gasteiger partial charge is 0.137 e. The van der Waals surface area contributed by atoms with Crippen molar-refractivity contribution in [2.24, 2.45) is 5.92 Å². The first-order chi connectivity index (χ1) is 10.2. The summed E-state index contributed by atoms with van der Waals surface area (Å²) >= 11 is 0. The zero-order chi connectivity index (χ0) is 14.9. The normalized spacial score (nSPS) is 10.8. The van der Waals surface area contributed by atoms with Crippen LogP contribution >= 0.6 is 0 Å². The van der Waals surface area contributed by atoms with Crippen LogP contribution in [0.5, 0.6) is 5.75 Å². The second-order valence-corrected chi connectivity index (χ2v) is 5.46. The SMILES string of the molecule is CC(C)CNCc1ccc(OCCc2ccncc2)cn1. The second-order valence-electron chi connectivity index (χ2n) is 5.46. The van der Waals surface area contributed by atoms with Crippen LogP contribution in [0.3, 0.4) is 0 Å². The van der Waals surface area contributed by atoms with Gasteiger partial charge in [0.1, 0.15) is 5.75 Å². The van der Waals surface area contributed by atoms with Crippen LogP contribution < -0.4 is 10.1 Å². The number of rotatable bonds is 8. The monoisotopic (exact) mass is 285 g/mol. The van der Waals surface area contributed by atoms with E-state index in [9.17, 15) is 0 Å². The number of nitrogens with zero attached hydrogens (tertiary/aromatic N) is 2. The van der Waals surface area contributed by atoms with Gasteiger partial charge in [0.05, 0.1) is 18.5 Å². The summed E-state index contributed by atoms with van der Waals surface area (Å²) in [6.07, 6.45) is 6.27. The van der Waals surface area contributed by atoms with Gasteiger partial charge in [-0.25, -0.2) is 0 Å². The second kappa shape index (κ2) is 8.37.